The number of carbonyl (C=O) groups is 4. The first-order valence-electron chi connectivity index (χ1n) is 14.3. The van der Waals surface area contributed by atoms with E-state index in [1.807, 2.05) is 49.4 Å². The van der Waals surface area contributed by atoms with E-state index in [-0.39, 0.29) is 55.2 Å². The van der Waals surface area contributed by atoms with E-state index in [9.17, 15) is 19.2 Å². The molecule has 0 spiro atoms. The van der Waals surface area contributed by atoms with Gasteiger partial charge >= 0.3 is 5.97 Å². The van der Waals surface area contributed by atoms with Gasteiger partial charge in [0.05, 0.1) is 30.7 Å². The molecule has 1 heterocycles. The minimum Gasteiger partial charge on any atom is -0.496 e. The Kier molecular flexibility index (Phi) is 9.04. The number of methoxy groups -OCH3 is 1. The van der Waals surface area contributed by atoms with Crippen molar-refractivity contribution in [1.29, 1.82) is 0 Å². The van der Waals surface area contributed by atoms with Gasteiger partial charge in [0.25, 0.3) is 11.8 Å². The third-order valence-corrected chi connectivity index (χ3v) is 7.38. The third-order valence-electron chi connectivity index (χ3n) is 7.38. The summed E-state index contributed by atoms with van der Waals surface area (Å²) in [5, 5.41) is 2.93. The molecule has 4 aromatic carbocycles. The Hall–Kier alpha value is -5.44. The number of para-hydroxylation sites is 2. The molecule has 0 saturated carbocycles. The molecule has 9 heteroatoms. The minimum absolute atomic E-state index is 0.0106. The third kappa shape index (κ3) is 6.32. The van der Waals surface area contributed by atoms with Crippen LogP contribution in [0.2, 0.25) is 0 Å². The predicted octanol–water partition coefficient (Wildman–Crippen LogP) is 5.87. The highest BCUT2D eigenvalue weighted by Crippen LogP contribution is 2.35. The van der Waals surface area contributed by atoms with Gasteiger partial charge in [0.2, 0.25) is 5.91 Å². The van der Waals surface area contributed by atoms with Crippen LogP contribution in [0.25, 0.3) is 11.1 Å². The minimum atomic E-state index is -0.531. The number of benzene rings is 4. The summed E-state index contributed by atoms with van der Waals surface area (Å²) >= 11 is 0. The normalized spacial score (nSPS) is 12.7. The van der Waals surface area contributed by atoms with Gasteiger partial charge in [-0.1, -0.05) is 60.2 Å². The Morgan fingerprint density at radius 3 is 2.30 bits per heavy atom. The van der Waals surface area contributed by atoms with Crippen molar-refractivity contribution in [2.45, 2.75) is 20.3 Å². The van der Waals surface area contributed by atoms with Gasteiger partial charge in [-0.25, -0.2) is 0 Å². The van der Waals surface area contributed by atoms with Crippen LogP contribution in [-0.2, 0) is 14.3 Å². The molecule has 0 radical (unpaired) electrons. The van der Waals surface area contributed by atoms with Crippen molar-refractivity contribution < 1.29 is 28.7 Å². The van der Waals surface area contributed by atoms with Gasteiger partial charge in [0.1, 0.15) is 12.3 Å². The highest BCUT2D eigenvalue weighted by Gasteiger charge is 2.32. The van der Waals surface area contributed by atoms with Crippen molar-refractivity contribution >= 4 is 40.8 Å². The monoisotopic (exact) mass is 591 g/mol. The average molecular weight is 592 g/mol. The lowest BCUT2D eigenvalue weighted by molar-refractivity contribution is -0.142. The molecular formula is C35H33N3O6. The standard InChI is InChI=1S/C35H33N3O6/c1-4-44-33(40)22-38-30-12-8-7-11-29(30)37(20-19-32(38)39)35(42)28-18-17-25(21-31(28)43-3)36-34(41)27-10-6-5-9-26(27)24-15-13-23(2)14-16-24/h5-18,21H,4,19-20,22H2,1-3H3,(H,36,41). The molecule has 4 aromatic rings. The second kappa shape index (κ2) is 13.2. The van der Waals surface area contributed by atoms with E-state index in [0.29, 0.717) is 22.6 Å². The molecule has 9 nitrogen and oxygen atoms in total. The van der Waals surface area contributed by atoms with Crippen molar-refractivity contribution in [3.05, 3.63) is 108 Å². The summed E-state index contributed by atoms with van der Waals surface area (Å²) in [7, 11) is 1.45. The SMILES string of the molecule is CCOC(=O)CN1C(=O)CCN(C(=O)c2ccc(NC(=O)c3ccccc3-c3ccc(C)cc3)cc2OC)c2ccccc21. The van der Waals surface area contributed by atoms with Crippen LogP contribution in [0, 0.1) is 6.92 Å². The molecule has 0 atom stereocenters. The van der Waals surface area contributed by atoms with E-state index in [1.165, 1.54) is 16.9 Å². The topological polar surface area (TPSA) is 105 Å². The summed E-state index contributed by atoms with van der Waals surface area (Å²) in [6, 6.07) is 27.1. The highest BCUT2D eigenvalue weighted by atomic mass is 16.5. The van der Waals surface area contributed by atoms with Crippen molar-refractivity contribution in [3.63, 3.8) is 0 Å². The number of amides is 3. The number of aryl methyl sites for hydroxylation is 1. The molecule has 224 valence electrons. The molecule has 0 saturated heterocycles. The molecule has 1 N–H and O–H groups in total. The van der Waals surface area contributed by atoms with Crippen LogP contribution in [0.5, 0.6) is 5.75 Å². The second-order valence-electron chi connectivity index (χ2n) is 10.3. The first-order chi connectivity index (χ1) is 21.3. The van der Waals surface area contributed by atoms with Crippen molar-refractivity contribution in [2.75, 3.05) is 41.9 Å². The number of hydrogen-bond acceptors (Lipinski definition) is 6. The number of fused-ring (bicyclic) bond motifs is 1. The van der Waals surface area contributed by atoms with Crippen molar-refractivity contribution in [3.8, 4) is 16.9 Å². The van der Waals surface area contributed by atoms with E-state index in [1.54, 1.807) is 55.5 Å². The lowest BCUT2D eigenvalue weighted by atomic mass is 9.98. The van der Waals surface area contributed by atoms with E-state index in [4.69, 9.17) is 9.47 Å². The molecule has 1 aliphatic heterocycles. The largest absolute Gasteiger partial charge is 0.496 e. The molecule has 0 aliphatic carbocycles. The van der Waals surface area contributed by atoms with Gasteiger partial charge in [-0.2, -0.15) is 0 Å². The van der Waals surface area contributed by atoms with Crippen molar-refractivity contribution in [2.24, 2.45) is 0 Å². The fourth-order valence-corrected chi connectivity index (χ4v) is 5.19. The molecule has 1 aliphatic rings. The van der Waals surface area contributed by atoms with Crippen LogP contribution in [0.1, 0.15) is 39.6 Å². The molecule has 0 unspecified atom stereocenters. The first kappa shape index (κ1) is 30.0. The number of hydrogen-bond donors (Lipinski definition) is 1. The Morgan fingerprint density at radius 2 is 1.57 bits per heavy atom. The zero-order valence-corrected chi connectivity index (χ0v) is 24.8. The molecular weight excluding hydrogens is 558 g/mol. The van der Waals surface area contributed by atoms with Crippen LogP contribution in [0.4, 0.5) is 17.1 Å². The zero-order valence-electron chi connectivity index (χ0n) is 24.8. The van der Waals surface area contributed by atoms with Gasteiger partial charge in [-0.05, 0) is 55.3 Å². The van der Waals surface area contributed by atoms with Gasteiger partial charge in [-0.3, -0.25) is 24.1 Å². The Balaban J connectivity index is 1.41. The lowest BCUT2D eigenvalue weighted by Gasteiger charge is -2.25. The van der Waals surface area contributed by atoms with E-state index >= 15 is 0 Å². The maximum Gasteiger partial charge on any atom is 0.326 e. The smallest absolute Gasteiger partial charge is 0.326 e. The van der Waals surface area contributed by atoms with Gasteiger partial charge in [0.15, 0.2) is 0 Å². The molecule has 0 bridgehead atoms. The van der Waals surface area contributed by atoms with Crippen molar-refractivity contribution in [1.82, 2.24) is 0 Å². The van der Waals surface area contributed by atoms with Crippen LogP contribution in [-0.4, -0.2) is 50.5 Å². The summed E-state index contributed by atoms with van der Waals surface area (Å²) in [6.45, 7) is 3.76. The number of nitrogens with zero attached hydrogens (tertiary/aromatic N) is 2. The van der Waals surface area contributed by atoms with Gasteiger partial charge < -0.3 is 19.7 Å². The van der Waals surface area contributed by atoms with Crippen LogP contribution < -0.4 is 19.9 Å². The summed E-state index contributed by atoms with van der Waals surface area (Å²) < 4.78 is 10.7. The van der Waals surface area contributed by atoms with Crippen LogP contribution in [0.3, 0.4) is 0 Å². The summed E-state index contributed by atoms with van der Waals surface area (Å²) in [4.78, 5) is 55.5. The number of nitrogens with one attached hydrogen (secondary N) is 1. The summed E-state index contributed by atoms with van der Waals surface area (Å²) in [5.41, 5.74) is 4.99. The molecule has 0 aromatic heterocycles. The molecule has 3 amide bonds. The fourth-order valence-electron chi connectivity index (χ4n) is 5.19. The maximum atomic E-state index is 14.0. The fraction of sp³-hybridized carbons (Fsp3) is 0.200. The molecule has 0 fully saturated rings. The predicted molar refractivity (Wildman–Crippen MR) is 169 cm³/mol. The lowest BCUT2D eigenvalue weighted by Crippen LogP contribution is -2.36. The highest BCUT2D eigenvalue weighted by molar-refractivity contribution is 6.13. The number of anilines is 3. The van der Waals surface area contributed by atoms with Gasteiger partial charge in [0, 0.05) is 30.3 Å². The maximum absolute atomic E-state index is 14.0. The second-order valence-corrected chi connectivity index (χ2v) is 10.3. The molecule has 5 rings (SSSR count). The Bertz CT molecular complexity index is 1720. The Labute approximate surface area is 256 Å². The number of rotatable bonds is 8. The van der Waals surface area contributed by atoms with Gasteiger partial charge in [-0.15, -0.1) is 0 Å². The quantitative estimate of drug-likeness (QED) is 0.257. The number of carbonyl (C=O) groups excluding carboxylic acids is 4. The number of ether oxygens (including phenoxy) is 2. The average Bonchev–Trinajstić information content (AvgIpc) is 3.17. The van der Waals surface area contributed by atoms with E-state index in [0.717, 1.165) is 16.7 Å². The van der Waals surface area contributed by atoms with E-state index < -0.39 is 5.97 Å². The van der Waals surface area contributed by atoms with E-state index in [2.05, 4.69) is 5.32 Å². The van der Waals surface area contributed by atoms with Crippen LogP contribution >= 0.6 is 0 Å². The molecule has 44 heavy (non-hydrogen) atoms. The van der Waals surface area contributed by atoms with Crippen LogP contribution in [0.15, 0.2) is 91.0 Å². The zero-order chi connectivity index (χ0) is 31.2. The number of esters is 1. The summed E-state index contributed by atoms with van der Waals surface area (Å²) in [6.07, 6.45) is 0.0106. The Morgan fingerprint density at radius 1 is 0.864 bits per heavy atom. The first-order valence-corrected chi connectivity index (χ1v) is 14.3. The summed E-state index contributed by atoms with van der Waals surface area (Å²) in [5.74, 6) is -1.25.